The number of amides is 1. The third-order valence-corrected chi connectivity index (χ3v) is 4.63. The van der Waals surface area contributed by atoms with E-state index in [9.17, 15) is 18.0 Å². The van der Waals surface area contributed by atoms with Crippen LogP contribution in [0.5, 0.6) is 0 Å². The summed E-state index contributed by atoms with van der Waals surface area (Å²) in [6.07, 6.45) is 0. The predicted octanol–water partition coefficient (Wildman–Crippen LogP) is 2.34. The summed E-state index contributed by atoms with van der Waals surface area (Å²) in [5, 5.41) is 0.370. The van der Waals surface area contributed by atoms with Gasteiger partial charge in [0, 0.05) is 5.02 Å². The number of hydrogen-bond donors (Lipinski definition) is 2. The molecule has 9 heteroatoms. The van der Waals surface area contributed by atoms with Crippen molar-refractivity contribution in [3.05, 3.63) is 46.2 Å². The van der Waals surface area contributed by atoms with Crippen LogP contribution in [0, 0.1) is 6.92 Å². The van der Waals surface area contributed by atoms with Crippen molar-refractivity contribution in [3.8, 4) is 0 Å². The largest absolute Gasteiger partial charge is 0.443 e. The molecule has 0 unspecified atom stereocenters. The number of rotatable bonds is 5. The minimum absolute atomic E-state index is 0.0497. The summed E-state index contributed by atoms with van der Waals surface area (Å²) in [6.45, 7) is 2.66. The molecule has 3 N–H and O–H groups in total. The number of benzene rings is 1. The quantitative estimate of drug-likeness (QED) is 0.797. The number of carbonyl (C=O) groups excluding carboxylic acids is 2. The second kappa shape index (κ2) is 6.05. The molecule has 1 heterocycles. The molecule has 0 saturated carbocycles. The fourth-order valence-electron chi connectivity index (χ4n) is 2.07. The summed E-state index contributed by atoms with van der Waals surface area (Å²) >= 11 is 5.72. The Morgan fingerprint density at radius 3 is 2.22 bits per heavy atom. The number of primary amides is 1. The van der Waals surface area contributed by atoms with Gasteiger partial charge in [0.1, 0.15) is 11.3 Å². The number of nitrogens with two attached hydrogens (primary N) is 1. The summed E-state index contributed by atoms with van der Waals surface area (Å²) in [5.74, 6) is -1.73. The van der Waals surface area contributed by atoms with E-state index < -0.39 is 27.6 Å². The van der Waals surface area contributed by atoms with E-state index in [0.717, 1.165) is 0 Å². The molecule has 0 atom stereocenters. The number of Topliss-reactive ketones (excluding diaryl/α,β-unsaturated/α-hetero) is 1. The zero-order valence-corrected chi connectivity index (χ0v) is 13.8. The first kappa shape index (κ1) is 17.0. The summed E-state index contributed by atoms with van der Waals surface area (Å²) in [7, 11) is -4.04. The molecule has 0 aliphatic heterocycles. The summed E-state index contributed by atoms with van der Waals surface area (Å²) in [6, 6.07) is 5.38. The molecule has 122 valence electrons. The third kappa shape index (κ3) is 3.38. The predicted molar refractivity (Wildman–Crippen MR) is 84.2 cm³/mol. The van der Waals surface area contributed by atoms with Gasteiger partial charge in [0.2, 0.25) is 5.88 Å². The fourth-order valence-corrected chi connectivity index (χ4v) is 3.20. The van der Waals surface area contributed by atoms with Crippen molar-refractivity contribution in [1.82, 2.24) is 0 Å². The molecule has 23 heavy (non-hydrogen) atoms. The summed E-state index contributed by atoms with van der Waals surface area (Å²) < 4.78 is 32.0. The molecule has 0 fully saturated rings. The number of nitrogens with one attached hydrogen (secondary N) is 1. The maximum atomic E-state index is 12.3. The average Bonchev–Trinajstić information content (AvgIpc) is 2.75. The van der Waals surface area contributed by atoms with Crippen LogP contribution in [0.1, 0.15) is 33.4 Å². The van der Waals surface area contributed by atoms with Gasteiger partial charge in [0.25, 0.3) is 15.9 Å². The highest BCUT2D eigenvalue weighted by Crippen LogP contribution is 2.29. The number of halogens is 1. The summed E-state index contributed by atoms with van der Waals surface area (Å²) in [4.78, 5) is 23.1. The molecule has 0 saturated heterocycles. The number of aryl methyl sites for hydroxylation is 1. The molecule has 2 aromatic rings. The van der Waals surface area contributed by atoms with E-state index in [2.05, 4.69) is 4.72 Å². The van der Waals surface area contributed by atoms with Crippen LogP contribution in [0.15, 0.2) is 33.6 Å². The first-order valence-corrected chi connectivity index (χ1v) is 8.22. The standard InChI is InChI=1S/C14H13ClN2O5S/c1-7(18)11-8(2)22-14(12(11)13(16)19)17-23(20,21)10-5-3-9(15)4-6-10/h3-6,17H,1-2H3,(H2,16,19). The average molecular weight is 357 g/mol. The highest BCUT2D eigenvalue weighted by molar-refractivity contribution is 7.92. The normalized spacial score (nSPS) is 11.3. The number of anilines is 1. The first-order valence-electron chi connectivity index (χ1n) is 6.36. The Hall–Kier alpha value is -2.32. The molecule has 0 radical (unpaired) electrons. The fraction of sp³-hybridized carbons (Fsp3) is 0.143. The topological polar surface area (TPSA) is 119 Å². The molecule has 0 bridgehead atoms. The molecular weight excluding hydrogens is 344 g/mol. The maximum absolute atomic E-state index is 12.3. The van der Waals surface area contributed by atoms with Crippen LogP contribution in [-0.4, -0.2) is 20.1 Å². The molecule has 1 amide bonds. The van der Waals surface area contributed by atoms with Gasteiger partial charge in [-0.2, -0.15) is 0 Å². The van der Waals surface area contributed by atoms with E-state index in [1.807, 2.05) is 0 Å². The number of ketones is 1. The minimum Gasteiger partial charge on any atom is -0.443 e. The third-order valence-electron chi connectivity index (χ3n) is 3.03. The van der Waals surface area contributed by atoms with Gasteiger partial charge in [0.15, 0.2) is 5.78 Å². The van der Waals surface area contributed by atoms with Gasteiger partial charge in [-0.25, -0.2) is 13.1 Å². The Balaban J connectivity index is 2.51. The van der Waals surface area contributed by atoms with E-state index in [1.165, 1.54) is 38.1 Å². The van der Waals surface area contributed by atoms with E-state index >= 15 is 0 Å². The second-order valence-electron chi connectivity index (χ2n) is 4.72. The zero-order chi connectivity index (χ0) is 17.4. The molecular formula is C14H13ClN2O5S. The Morgan fingerprint density at radius 2 is 1.74 bits per heavy atom. The van der Waals surface area contributed by atoms with Crippen molar-refractivity contribution >= 4 is 39.2 Å². The van der Waals surface area contributed by atoms with E-state index in [1.54, 1.807) is 0 Å². The Bertz CT molecular complexity index is 885. The number of furan rings is 1. The van der Waals surface area contributed by atoms with Crippen LogP contribution in [-0.2, 0) is 10.0 Å². The van der Waals surface area contributed by atoms with E-state index in [0.29, 0.717) is 5.02 Å². The van der Waals surface area contributed by atoms with Gasteiger partial charge >= 0.3 is 0 Å². The molecule has 0 spiro atoms. The number of sulfonamides is 1. The minimum atomic E-state index is -4.04. The van der Waals surface area contributed by atoms with Gasteiger partial charge in [-0.15, -0.1) is 0 Å². The van der Waals surface area contributed by atoms with Crippen LogP contribution < -0.4 is 10.5 Å². The van der Waals surface area contributed by atoms with E-state index in [4.69, 9.17) is 21.8 Å². The summed E-state index contributed by atoms with van der Waals surface area (Å²) in [5.41, 5.74) is 4.89. The lowest BCUT2D eigenvalue weighted by Gasteiger charge is -2.07. The monoisotopic (exact) mass is 356 g/mol. The lowest BCUT2D eigenvalue weighted by molar-refractivity contribution is 0.0974. The SMILES string of the molecule is CC(=O)c1c(C)oc(NS(=O)(=O)c2ccc(Cl)cc2)c1C(N)=O. The van der Waals surface area contributed by atoms with Crippen LogP contribution in [0.25, 0.3) is 0 Å². The lowest BCUT2D eigenvalue weighted by atomic mass is 10.1. The molecule has 1 aromatic heterocycles. The van der Waals surface area contributed by atoms with Crippen LogP contribution in [0.2, 0.25) is 5.02 Å². The highest BCUT2D eigenvalue weighted by atomic mass is 35.5. The Labute approximate surface area is 137 Å². The molecule has 1 aromatic carbocycles. The van der Waals surface area contributed by atoms with Gasteiger partial charge in [-0.3, -0.25) is 9.59 Å². The van der Waals surface area contributed by atoms with Gasteiger partial charge in [0.05, 0.1) is 10.5 Å². The van der Waals surface area contributed by atoms with Crippen LogP contribution in [0.3, 0.4) is 0 Å². The van der Waals surface area contributed by atoms with E-state index in [-0.39, 0.29) is 21.8 Å². The number of hydrogen-bond acceptors (Lipinski definition) is 5. The van der Waals surface area contributed by atoms with Crippen molar-refractivity contribution in [1.29, 1.82) is 0 Å². The lowest BCUT2D eigenvalue weighted by Crippen LogP contribution is -2.19. The van der Waals surface area contributed by atoms with Gasteiger partial charge in [-0.1, -0.05) is 11.6 Å². The van der Waals surface area contributed by atoms with Gasteiger partial charge in [-0.05, 0) is 38.1 Å². The molecule has 7 nitrogen and oxygen atoms in total. The molecule has 0 aliphatic carbocycles. The Kier molecular flexibility index (Phi) is 4.49. The Morgan fingerprint density at radius 1 is 1.17 bits per heavy atom. The second-order valence-corrected chi connectivity index (χ2v) is 6.84. The van der Waals surface area contributed by atoms with Crippen molar-refractivity contribution in [3.63, 3.8) is 0 Å². The molecule has 0 aliphatic rings. The molecule has 2 rings (SSSR count). The van der Waals surface area contributed by atoms with Crippen LogP contribution in [0.4, 0.5) is 5.88 Å². The number of carbonyl (C=O) groups is 2. The van der Waals surface area contributed by atoms with Crippen molar-refractivity contribution in [2.75, 3.05) is 4.72 Å². The van der Waals surface area contributed by atoms with Crippen molar-refractivity contribution < 1.29 is 22.4 Å². The smallest absolute Gasteiger partial charge is 0.264 e. The van der Waals surface area contributed by atoms with Crippen LogP contribution >= 0.6 is 11.6 Å². The van der Waals surface area contributed by atoms with Gasteiger partial charge < -0.3 is 10.2 Å². The first-order chi connectivity index (χ1) is 10.6. The zero-order valence-electron chi connectivity index (χ0n) is 12.2. The maximum Gasteiger partial charge on any atom is 0.264 e. The van der Waals surface area contributed by atoms with Crippen molar-refractivity contribution in [2.24, 2.45) is 5.73 Å². The van der Waals surface area contributed by atoms with Crippen molar-refractivity contribution in [2.45, 2.75) is 18.7 Å². The highest BCUT2D eigenvalue weighted by Gasteiger charge is 2.28.